The number of ether oxygens (including phenoxy) is 4. The minimum absolute atomic E-state index is 0.106. The molecule has 0 saturated heterocycles. The van der Waals surface area contributed by atoms with Gasteiger partial charge in [-0.05, 0) is 37.5 Å². The molecule has 582 valence electrons. The number of phosphoric acid groups is 2. The number of unbranched alkanes of at least 4 members (excludes halogenated alkanes) is 48. The zero-order chi connectivity index (χ0) is 72.1. The first-order valence-electron chi connectivity index (χ1n) is 41.0. The first-order valence-corrected chi connectivity index (χ1v) is 44.0. The van der Waals surface area contributed by atoms with E-state index in [1.54, 1.807) is 0 Å². The van der Waals surface area contributed by atoms with Crippen molar-refractivity contribution in [3.05, 3.63) is 0 Å². The molecule has 19 heteroatoms. The molecule has 0 aliphatic rings. The SMILES string of the molecule is CCCCCCCCCCCCCCCCCCCC(=O)OC[C@H](COP(=O)(O)OC[C@@H](O)COP(=O)(O)OC[C@@H](COC(=O)CCCCCCC)OC(=O)CCCCCCCCCCCCCCC(C)C)OC(=O)CCCCCCCCCCCCCCCCCCCCC(C)C. The molecule has 0 rings (SSSR count). The van der Waals surface area contributed by atoms with Gasteiger partial charge in [0.05, 0.1) is 26.4 Å². The lowest BCUT2D eigenvalue weighted by molar-refractivity contribution is -0.161. The van der Waals surface area contributed by atoms with Crippen molar-refractivity contribution in [2.24, 2.45) is 11.8 Å². The van der Waals surface area contributed by atoms with Gasteiger partial charge in [0, 0.05) is 25.7 Å². The fourth-order valence-electron chi connectivity index (χ4n) is 12.2. The van der Waals surface area contributed by atoms with Crippen LogP contribution >= 0.6 is 15.6 Å². The quantitative estimate of drug-likeness (QED) is 0.0222. The summed E-state index contributed by atoms with van der Waals surface area (Å²) < 4.78 is 68.4. The van der Waals surface area contributed by atoms with E-state index in [0.29, 0.717) is 25.7 Å². The minimum atomic E-state index is -4.96. The molecule has 0 amide bonds. The summed E-state index contributed by atoms with van der Waals surface area (Å²) in [5.74, 6) is -0.525. The summed E-state index contributed by atoms with van der Waals surface area (Å²) in [5, 5.41) is 10.6. The number of hydrogen-bond donors (Lipinski definition) is 3. The van der Waals surface area contributed by atoms with Crippen LogP contribution in [0.1, 0.15) is 414 Å². The van der Waals surface area contributed by atoms with Crippen LogP contribution < -0.4 is 0 Å². The monoisotopic (exact) mass is 1440 g/mol. The summed E-state index contributed by atoms with van der Waals surface area (Å²) in [6.07, 6.45) is 60.1. The van der Waals surface area contributed by atoms with E-state index < -0.39 is 97.5 Å². The fourth-order valence-corrected chi connectivity index (χ4v) is 13.8. The van der Waals surface area contributed by atoms with Crippen LogP contribution in [0.2, 0.25) is 0 Å². The van der Waals surface area contributed by atoms with Crippen molar-refractivity contribution in [1.29, 1.82) is 0 Å². The Morgan fingerprint density at radius 1 is 0.276 bits per heavy atom. The molecule has 98 heavy (non-hydrogen) atoms. The molecule has 0 aromatic rings. The maximum atomic E-state index is 13.1. The Balaban J connectivity index is 5.12. The van der Waals surface area contributed by atoms with E-state index in [1.165, 1.54) is 225 Å². The summed E-state index contributed by atoms with van der Waals surface area (Å²) in [5.41, 5.74) is 0. The third-order valence-corrected chi connectivity index (χ3v) is 20.4. The van der Waals surface area contributed by atoms with Crippen molar-refractivity contribution in [3.63, 3.8) is 0 Å². The van der Waals surface area contributed by atoms with Gasteiger partial charge in [0.1, 0.15) is 19.3 Å². The summed E-state index contributed by atoms with van der Waals surface area (Å²) in [4.78, 5) is 72.6. The zero-order valence-electron chi connectivity index (χ0n) is 64.1. The van der Waals surface area contributed by atoms with Gasteiger partial charge in [-0.25, -0.2) is 9.13 Å². The molecule has 0 radical (unpaired) electrons. The van der Waals surface area contributed by atoms with Gasteiger partial charge in [-0.2, -0.15) is 0 Å². The summed E-state index contributed by atoms with van der Waals surface area (Å²) in [7, 11) is -9.91. The first kappa shape index (κ1) is 96.1. The van der Waals surface area contributed by atoms with Crippen LogP contribution in [-0.4, -0.2) is 96.7 Å². The van der Waals surface area contributed by atoms with Crippen molar-refractivity contribution in [2.75, 3.05) is 39.6 Å². The molecule has 0 saturated carbocycles. The predicted molar refractivity (Wildman–Crippen MR) is 400 cm³/mol. The number of hydrogen-bond acceptors (Lipinski definition) is 15. The van der Waals surface area contributed by atoms with E-state index in [4.69, 9.17) is 37.0 Å². The fraction of sp³-hybridized carbons (Fsp3) is 0.949. The van der Waals surface area contributed by atoms with E-state index in [0.717, 1.165) is 108 Å². The first-order chi connectivity index (χ1) is 47.4. The number of carbonyl (C=O) groups excluding carboxylic acids is 4. The minimum Gasteiger partial charge on any atom is -0.462 e. The Labute approximate surface area is 600 Å². The molecule has 0 aromatic carbocycles. The van der Waals surface area contributed by atoms with E-state index in [2.05, 4.69) is 41.5 Å². The van der Waals surface area contributed by atoms with Crippen LogP contribution in [0, 0.1) is 11.8 Å². The van der Waals surface area contributed by atoms with Crippen LogP contribution in [0.25, 0.3) is 0 Å². The van der Waals surface area contributed by atoms with E-state index >= 15 is 0 Å². The van der Waals surface area contributed by atoms with Crippen LogP contribution in [0.15, 0.2) is 0 Å². The normalized spacial score (nSPS) is 13.9. The van der Waals surface area contributed by atoms with Gasteiger partial charge in [-0.3, -0.25) is 37.3 Å². The molecule has 5 atom stereocenters. The van der Waals surface area contributed by atoms with Crippen molar-refractivity contribution >= 4 is 39.5 Å². The predicted octanol–water partition coefficient (Wildman–Crippen LogP) is 23.5. The lowest BCUT2D eigenvalue weighted by Crippen LogP contribution is -2.30. The highest BCUT2D eigenvalue weighted by Crippen LogP contribution is 2.45. The Morgan fingerprint density at radius 2 is 0.469 bits per heavy atom. The molecule has 0 fully saturated rings. The zero-order valence-corrected chi connectivity index (χ0v) is 65.9. The maximum absolute atomic E-state index is 13.1. The van der Waals surface area contributed by atoms with Gasteiger partial charge < -0.3 is 33.8 Å². The highest BCUT2D eigenvalue weighted by Gasteiger charge is 2.30. The molecular formula is C79H154O17P2. The molecule has 0 bridgehead atoms. The molecule has 3 N–H and O–H groups in total. The van der Waals surface area contributed by atoms with Crippen molar-refractivity contribution in [1.82, 2.24) is 0 Å². The van der Waals surface area contributed by atoms with Crippen LogP contribution in [0.5, 0.6) is 0 Å². The van der Waals surface area contributed by atoms with E-state index in [9.17, 15) is 43.2 Å². The van der Waals surface area contributed by atoms with Gasteiger partial charge in [0.15, 0.2) is 12.2 Å². The Kier molecular flexibility index (Phi) is 69.3. The standard InChI is InChI=1S/C79H154O17P2/c1-7-9-11-13-14-15-16-17-18-21-25-28-34-39-44-50-56-62-77(82)90-68-75(96-79(84)64-57-51-45-40-35-29-26-23-20-19-22-24-27-32-37-42-48-53-59-71(3)4)70-94-98(87,88)92-66-73(80)65-91-97(85,86)93-69-74(67-89-76(81)61-55-47-12-10-8-2)95-78(83)63-58-52-46-41-36-31-30-33-38-43-49-54-60-72(5)6/h71-75,80H,7-70H2,1-6H3,(H,85,86)(H,87,88)/t73-,74+,75+/m0/s1. The highest BCUT2D eigenvalue weighted by molar-refractivity contribution is 7.47. The van der Waals surface area contributed by atoms with Crippen molar-refractivity contribution < 1.29 is 80.2 Å². The van der Waals surface area contributed by atoms with Crippen molar-refractivity contribution in [2.45, 2.75) is 432 Å². The highest BCUT2D eigenvalue weighted by atomic mass is 31.2. The van der Waals surface area contributed by atoms with E-state index in [-0.39, 0.29) is 25.7 Å². The number of aliphatic hydroxyl groups excluding tert-OH is 1. The number of rotatable bonds is 78. The molecule has 0 aliphatic carbocycles. The Bertz CT molecular complexity index is 1890. The summed E-state index contributed by atoms with van der Waals surface area (Å²) in [6.45, 7) is 9.58. The molecule has 0 aliphatic heterocycles. The second kappa shape index (κ2) is 70.7. The number of aliphatic hydroxyl groups is 1. The van der Waals surface area contributed by atoms with Crippen LogP contribution in [0.4, 0.5) is 0 Å². The summed E-state index contributed by atoms with van der Waals surface area (Å²) in [6, 6.07) is 0. The third kappa shape index (κ3) is 72.4. The molecule has 0 aromatic heterocycles. The molecule has 2 unspecified atom stereocenters. The molecule has 17 nitrogen and oxygen atoms in total. The second-order valence-corrected chi connectivity index (χ2v) is 32.3. The molecular weight excluding hydrogens is 1280 g/mol. The number of esters is 4. The van der Waals surface area contributed by atoms with Crippen LogP contribution in [-0.2, 0) is 65.4 Å². The molecule has 0 spiro atoms. The maximum Gasteiger partial charge on any atom is 0.472 e. The Hall–Kier alpha value is -1.94. The van der Waals surface area contributed by atoms with Crippen molar-refractivity contribution in [3.8, 4) is 0 Å². The lowest BCUT2D eigenvalue weighted by atomic mass is 10.0. The third-order valence-electron chi connectivity index (χ3n) is 18.5. The number of carbonyl (C=O) groups is 4. The second-order valence-electron chi connectivity index (χ2n) is 29.4. The van der Waals surface area contributed by atoms with Gasteiger partial charge in [-0.15, -0.1) is 0 Å². The van der Waals surface area contributed by atoms with E-state index in [1.807, 2.05) is 0 Å². The van der Waals surface area contributed by atoms with Gasteiger partial charge in [0.2, 0.25) is 0 Å². The summed E-state index contributed by atoms with van der Waals surface area (Å²) >= 11 is 0. The lowest BCUT2D eigenvalue weighted by Gasteiger charge is -2.21. The van der Waals surface area contributed by atoms with Gasteiger partial charge in [-0.1, -0.05) is 363 Å². The topological polar surface area (TPSA) is 237 Å². The Morgan fingerprint density at radius 3 is 0.694 bits per heavy atom. The van der Waals surface area contributed by atoms with Gasteiger partial charge in [0.25, 0.3) is 0 Å². The molecule has 0 heterocycles. The average molecular weight is 1440 g/mol. The van der Waals surface area contributed by atoms with Gasteiger partial charge >= 0.3 is 39.5 Å². The van der Waals surface area contributed by atoms with Crippen LogP contribution in [0.3, 0.4) is 0 Å². The largest absolute Gasteiger partial charge is 0.472 e. The smallest absolute Gasteiger partial charge is 0.462 e. The average Bonchev–Trinajstić information content (AvgIpc) is 0.989. The number of phosphoric ester groups is 2.